The summed E-state index contributed by atoms with van der Waals surface area (Å²) in [6.45, 7) is 2.06. The number of benzene rings is 1. The number of carbonyl (C=O) groups excluding carboxylic acids is 2. The Hall–Kier alpha value is -0.870. The number of esters is 1. The maximum atomic E-state index is 11.6. The summed E-state index contributed by atoms with van der Waals surface area (Å²) in [6.07, 6.45) is 0.277. The third-order valence-electron chi connectivity index (χ3n) is 2.10. The first-order valence-electron chi connectivity index (χ1n) is 5.16. The van der Waals surface area contributed by atoms with Crippen molar-refractivity contribution in [1.82, 2.24) is 0 Å². The maximum Gasteiger partial charge on any atom is 0.338 e. The van der Waals surface area contributed by atoms with Crippen molar-refractivity contribution in [3.05, 3.63) is 33.8 Å². The van der Waals surface area contributed by atoms with Gasteiger partial charge >= 0.3 is 5.97 Å². The minimum absolute atomic E-state index is 0.0534. The van der Waals surface area contributed by atoms with Gasteiger partial charge in [-0.2, -0.15) is 0 Å². The Kier molecular flexibility index (Phi) is 5.65. The fourth-order valence-corrected chi connectivity index (χ4v) is 2.07. The van der Waals surface area contributed by atoms with Gasteiger partial charge in [-0.3, -0.25) is 4.79 Å². The molecule has 0 fully saturated rings. The lowest BCUT2D eigenvalue weighted by Gasteiger charge is -2.05. The molecule has 0 aromatic heterocycles. The summed E-state index contributed by atoms with van der Waals surface area (Å²) in [7, 11) is 0. The van der Waals surface area contributed by atoms with Crippen LogP contribution in [0.25, 0.3) is 0 Å². The van der Waals surface area contributed by atoms with Crippen LogP contribution >= 0.6 is 27.5 Å². The van der Waals surface area contributed by atoms with E-state index in [2.05, 4.69) is 15.9 Å². The molecule has 1 aromatic carbocycles. The molecule has 0 saturated heterocycles. The molecule has 0 spiro atoms. The molecule has 0 saturated carbocycles. The second-order valence-corrected chi connectivity index (χ2v) is 4.51. The summed E-state index contributed by atoms with van der Waals surface area (Å²) in [5.74, 6) is -0.169. The molecule has 1 rings (SSSR count). The molecular formula is C12H12BrClO3. The van der Waals surface area contributed by atoms with E-state index in [-0.39, 0.29) is 18.1 Å². The molecule has 5 heteroatoms. The topological polar surface area (TPSA) is 43.4 Å². The molecule has 0 aliphatic heterocycles. The first kappa shape index (κ1) is 14.2. The SMILES string of the molecule is CCOC(=O)c1ccc(C(=O)CCCl)c(Br)c1. The number of ether oxygens (including phenoxy) is 1. The van der Waals surface area contributed by atoms with Crippen molar-refractivity contribution in [2.24, 2.45) is 0 Å². The van der Waals surface area contributed by atoms with E-state index in [1.54, 1.807) is 25.1 Å². The normalized spacial score (nSPS) is 10.1. The van der Waals surface area contributed by atoms with E-state index in [9.17, 15) is 9.59 Å². The number of hydrogen-bond donors (Lipinski definition) is 0. The predicted octanol–water partition coefficient (Wildman–Crippen LogP) is 3.44. The van der Waals surface area contributed by atoms with Gasteiger partial charge in [-0.25, -0.2) is 4.79 Å². The number of Topliss-reactive ketones (excluding diaryl/α,β-unsaturated/α-hetero) is 1. The molecule has 17 heavy (non-hydrogen) atoms. The largest absolute Gasteiger partial charge is 0.462 e. The van der Waals surface area contributed by atoms with Gasteiger partial charge in [0.2, 0.25) is 0 Å². The van der Waals surface area contributed by atoms with Crippen molar-refractivity contribution in [2.45, 2.75) is 13.3 Å². The van der Waals surface area contributed by atoms with E-state index >= 15 is 0 Å². The highest BCUT2D eigenvalue weighted by atomic mass is 79.9. The third-order valence-corrected chi connectivity index (χ3v) is 2.95. The summed E-state index contributed by atoms with van der Waals surface area (Å²) >= 11 is 8.78. The molecule has 0 bridgehead atoms. The average Bonchev–Trinajstić information content (AvgIpc) is 2.29. The van der Waals surface area contributed by atoms with Gasteiger partial charge in [-0.1, -0.05) is 15.9 Å². The highest BCUT2D eigenvalue weighted by molar-refractivity contribution is 9.10. The van der Waals surface area contributed by atoms with Crippen LogP contribution in [0.3, 0.4) is 0 Å². The Morgan fingerprint density at radius 1 is 1.41 bits per heavy atom. The van der Waals surface area contributed by atoms with Gasteiger partial charge < -0.3 is 4.74 Å². The van der Waals surface area contributed by atoms with Crippen molar-refractivity contribution < 1.29 is 14.3 Å². The molecule has 1 aromatic rings. The molecule has 0 aliphatic carbocycles. The van der Waals surface area contributed by atoms with Crippen LogP contribution < -0.4 is 0 Å². The quantitative estimate of drug-likeness (QED) is 0.474. The number of carbonyl (C=O) groups is 2. The van der Waals surface area contributed by atoms with Gasteiger partial charge in [0.1, 0.15) is 0 Å². The van der Waals surface area contributed by atoms with E-state index in [1.165, 1.54) is 0 Å². The number of rotatable bonds is 5. The lowest BCUT2D eigenvalue weighted by Crippen LogP contribution is -2.07. The monoisotopic (exact) mass is 318 g/mol. The van der Waals surface area contributed by atoms with Crippen LogP contribution in [0.15, 0.2) is 22.7 Å². The van der Waals surface area contributed by atoms with Crippen LogP contribution in [0, 0.1) is 0 Å². The second-order valence-electron chi connectivity index (χ2n) is 3.28. The average molecular weight is 320 g/mol. The first-order valence-corrected chi connectivity index (χ1v) is 6.48. The summed E-state index contributed by atoms with van der Waals surface area (Å²) < 4.78 is 5.45. The van der Waals surface area contributed by atoms with E-state index in [0.29, 0.717) is 22.2 Å². The predicted molar refractivity (Wildman–Crippen MR) is 69.8 cm³/mol. The molecule has 0 radical (unpaired) electrons. The molecular weight excluding hydrogens is 307 g/mol. The van der Waals surface area contributed by atoms with Crippen LogP contribution in [0.2, 0.25) is 0 Å². The number of ketones is 1. The van der Waals surface area contributed by atoms with Gasteiger partial charge in [-0.15, -0.1) is 11.6 Å². The number of halogens is 2. The van der Waals surface area contributed by atoms with Crippen molar-refractivity contribution in [3.8, 4) is 0 Å². The van der Waals surface area contributed by atoms with Crippen LogP contribution in [-0.2, 0) is 4.74 Å². The van der Waals surface area contributed by atoms with E-state index in [1.807, 2.05) is 0 Å². The Morgan fingerprint density at radius 3 is 2.65 bits per heavy atom. The van der Waals surface area contributed by atoms with Gasteiger partial charge in [0.15, 0.2) is 5.78 Å². The van der Waals surface area contributed by atoms with Crippen LogP contribution in [0.1, 0.15) is 34.1 Å². The highest BCUT2D eigenvalue weighted by Gasteiger charge is 2.13. The van der Waals surface area contributed by atoms with E-state index in [4.69, 9.17) is 16.3 Å². The maximum absolute atomic E-state index is 11.6. The van der Waals surface area contributed by atoms with Crippen molar-refractivity contribution in [3.63, 3.8) is 0 Å². The third kappa shape index (κ3) is 3.82. The fraction of sp³-hybridized carbons (Fsp3) is 0.333. The van der Waals surface area contributed by atoms with Crippen molar-refractivity contribution in [2.75, 3.05) is 12.5 Å². The van der Waals surface area contributed by atoms with Crippen molar-refractivity contribution in [1.29, 1.82) is 0 Å². The Bertz CT molecular complexity index is 432. The Morgan fingerprint density at radius 2 is 2.12 bits per heavy atom. The fourth-order valence-electron chi connectivity index (χ4n) is 1.30. The van der Waals surface area contributed by atoms with Gasteiger partial charge in [0.25, 0.3) is 0 Å². The highest BCUT2D eigenvalue weighted by Crippen LogP contribution is 2.21. The van der Waals surface area contributed by atoms with Gasteiger partial charge in [0.05, 0.1) is 12.2 Å². The zero-order valence-corrected chi connectivity index (χ0v) is 11.7. The molecule has 92 valence electrons. The number of alkyl halides is 1. The summed E-state index contributed by atoms with van der Waals surface area (Å²) in [5.41, 5.74) is 0.944. The minimum atomic E-state index is -0.399. The first-order chi connectivity index (χ1) is 8.10. The summed E-state index contributed by atoms with van der Waals surface area (Å²) in [6, 6.07) is 4.76. The summed E-state index contributed by atoms with van der Waals surface area (Å²) in [5, 5.41) is 0. The Balaban J connectivity index is 2.93. The standard InChI is InChI=1S/C12H12BrClO3/c1-2-17-12(16)8-3-4-9(10(13)7-8)11(15)5-6-14/h3-4,7H,2,5-6H2,1H3. The smallest absolute Gasteiger partial charge is 0.338 e. The lowest BCUT2D eigenvalue weighted by molar-refractivity contribution is 0.0526. The van der Waals surface area contributed by atoms with Crippen LogP contribution in [0.4, 0.5) is 0 Å². The molecule has 0 heterocycles. The minimum Gasteiger partial charge on any atom is -0.462 e. The number of hydrogen-bond acceptors (Lipinski definition) is 3. The summed E-state index contributed by atoms with van der Waals surface area (Å²) in [4.78, 5) is 23.1. The molecule has 0 unspecified atom stereocenters. The van der Waals surface area contributed by atoms with Gasteiger partial charge in [0, 0.05) is 22.3 Å². The van der Waals surface area contributed by atoms with E-state index in [0.717, 1.165) is 0 Å². The van der Waals surface area contributed by atoms with Crippen LogP contribution in [0.5, 0.6) is 0 Å². The van der Waals surface area contributed by atoms with Crippen LogP contribution in [-0.4, -0.2) is 24.2 Å². The van der Waals surface area contributed by atoms with Gasteiger partial charge in [-0.05, 0) is 25.1 Å². The molecule has 0 N–H and O–H groups in total. The zero-order chi connectivity index (χ0) is 12.8. The molecule has 3 nitrogen and oxygen atoms in total. The zero-order valence-electron chi connectivity index (χ0n) is 9.33. The molecule has 0 atom stereocenters. The molecule has 0 amide bonds. The Labute approximate surface area is 113 Å². The van der Waals surface area contributed by atoms with E-state index < -0.39 is 5.97 Å². The lowest BCUT2D eigenvalue weighted by atomic mass is 10.1. The second kappa shape index (κ2) is 6.77. The molecule has 0 aliphatic rings. The van der Waals surface area contributed by atoms with Crippen molar-refractivity contribution >= 4 is 39.3 Å².